The van der Waals surface area contributed by atoms with Gasteiger partial charge >= 0.3 is 0 Å². The van der Waals surface area contributed by atoms with Gasteiger partial charge < -0.3 is 10.1 Å². The van der Waals surface area contributed by atoms with Crippen molar-refractivity contribution in [3.8, 4) is 17.1 Å². The van der Waals surface area contributed by atoms with E-state index in [1.54, 1.807) is 12.4 Å². The first kappa shape index (κ1) is 13.3. The number of rotatable bonds is 3. The van der Waals surface area contributed by atoms with Gasteiger partial charge in [-0.1, -0.05) is 23.7 Å². The zero-order valence-corrected chi connectivity index (χ0v) is 11.8. The summed E-state index contributed by atoms with van der Waals surface area (Å²) in [7, 11) is 0. The topological polar surface area (TPSA) is 47.0 Å². The third-order valence-corrected chi connectivity index (χ3v) is 3.53. The predicted octanol–water partition coefficient (Wildman–Crippen LogP) is 2.93. The number of nitrogens with one attached hydrogen (secondary N) is 1. The number of hydrogen-bond acceptors (Lipinski definition) is 4. The summed E-state index contributed by atoms with van der Waals surface area (Å²) >= 11 is 5.97. The van der Waals surface area contributed by atoms with Crippen molar-refractivity contribution < 1.29 is 4.74 Å². The molecular formula is C15H16ClN3O. The minimum absolute atomic E-state index is 0.261. The van der Waals surface area contributed by atoms with Crippen LogP contribution in [0.25, 0.3) is 11.4 Å². The van der Waals surface area contributed by atoms with E-state index in [0.717, 1.165) is 37.2 Å². The number of hydrogen-bond donors (Lipinski definition) is 1. The van der Waals surface area contributed by atoms with Crippen LogP contribution in [0.4, 0.5) is 0 Å². The van der Waals surface area contributed by atoms with Crippen LogP contribution in [-0.2, 0) is 0 Å². The monoisotopic (exact) mass is 289 g/mol. The normalized spacial score (nSPS) is 16.1. The Labute approximate surface area is 123 Å². The van der Waals surface area contributed by atoms with Crippen molar-refractivity contribution in [1.29, 1.82) is 0 Å². The molecule has 0 aliphatic carbocycles. The molecule has 0 bridgehead atoms. The lowest BCUT2D eigenvalue weighted by Crippen LogP contribution is -2.34. The van der Waals surface area contributed by atoms with E-state index in [0.29, 0.717) is 10.8 Å². The molecule has 2 heterocycles. The fourth-order valence-corrected chi connectivity index (χ4v) is 2.45. The van der Waals surface area contributed by atoms with E-state index in [9.17, 15) is 0 Å². The second-order valence-corrected chi connectivity index (χ2v) is 5.26. The van der Waals surface area contributed by atoms with Crippen molar-refractivity contribution in [2.24, 2.45) is 0 Å². The summed E-state index contributed by atoms with van der Waals surface area (Å²) in [4.78, 5) is 8.69. The van der Waals surface area contributed by atoms with Crippen LogP contribution in [0.15, 0.2) is 36.7 Å². The average Bonchev–Trinajstić information content (AvgIpc) is 2.49. The molecule has 0 radical (unpaired) electrons. The smallest absolute Gasteiger partial charge is 0.159 e. The summed E-state index contributed by atoms with van der Waals surface area (Å²) in [6.07, 6.45) is 5.76. The molecule has 1 aliphatic heterocycles. The van der Waals surface area contributed by atoms with E-state index < -0.39 is 0 Å². The Morgan fingerprint density at radius 1 is 1.15 bits per heavy atom. The van der Waals surface area contributed by atoms with E-state index in [4.69, 9.17) is 16.3 Å². The minimum Gasteiger partial charge on any atom is -0.487 e. The van der Waals surface area contributed by atoms with Crippen LogP contribution in [0.3, 0.4) is 0 Å². The second kappa shape index (κ2) is 6.20. The quantitative estimate of drug-likeness (QED) is 0.944. The van der Waals surface area contributed by atoms with Gasteiger partial charge in [0.1, 0.15) is 6.10 Å². The largest absolute Gasteiger partial charge is 0.487 e. The Morgan fingerprint density at radius 2 is 1.90 bits per heavy atom. The van der Waals surface area contributed by atoms with Crippen LogP contribution in [0.5, 0.6) is 5.75 Å². The summed E-state index contributed by atoms with van der Waals surface area (Å²) in [5.41, 5.74) is 0.908. The van der Waals surface area contributed by atoms with Gasteiger partial charge in [-0.3, -0.25) is 0 Å². The van der Waals surface area contributed by atoms with E-state index in [2.05, 4.69) is 15.3 Å². The molecule has 5 heteroatoms. The van der Waals surface area contributed by atoms with Crippen molar-refractivity contribution in [2.45, 2.75) is 18.9 Å². The van der Waals surface area contributed by atoms with E-state index in [1.807, 2.05) is 24.3 Å². The molecular weight excluding hydrogens is 274 g/mol. The highest BCUT2D eigenvalue weighted by molar-refractivity contribution is 6.30. The molecule has 1 aliphatic rings. The predicted molar refractivity (Wildman–Crippen MR) is 79.0 cm³/mol. The van der Waals surface area contributed by atoms with E-state index in [1.165, 1.54) is 0 Å². The van der Waals surface area contributed by atoms with Crippen LogP contribution in [0.1, 0.15) is 12.8 Å². The second-order valence-electron chi connectivity index (χ2n) is 4.82. The fraction of sp³-hybridized carbons (Fsp3) is 0.333. The van der Waals surface area contributed by atoms with E-state index >= 15 is 0 Å². The molecule has 1 saturated heterocycles. The highest BCUT2D eigenvalue weighted by atomic mass is 35.5. The van der Waals surface area contributed by atoms with Crippen LogP contribution in [0, 0.1) is 0 Å². The van der Waals surface area contributed by atoms with Crippen molar-refractivity contribution in [1.82, 2.24) is 15.3 Å². The summed E-state index contributed by atoms with van der Waals surface area (Å²) in [5, 5.41) is 3.99. The van der Waals surface area contributed by atoms with E-state index in [-0.39, 0.29) is 6.10 Å². The highest BCUT2D eigenvalue weighted by Crippen LogP contribution is 2.21. The molecule has 1 aromatic heterocycles. The molecule has 104 valence electrons. The Morgan fingerprint density at radius 3 is 2.60 bits per heavy atom. The average molecular weight is 290 g/mol. The first-order chi connectivity index (χ1) is 9.81. The van der Waals surface area contributed by atoms with Gasteiger partial charge in [0, 0.05) is 10.6 Å². The van der Waals surface area contributed by atoms with Gasteiger partial charge in [0.25, 0.3) is 0 Å². The standard InChI is InChI=1S/C15H16ClN3O/c16-12-3-1-2-11(8-12)15-18-9-14(10-19-15)20-13-4-6-17-7-5-13/h1-3,8-10,13,17H,4-7H2. The lowest BCUT2D eigenvalue weighted by molar-refractivity contribution is 0.161. The summed E-state index contributed by atoms with van der Waals surface area (Å²) in [6.45, 7) is 2.01. The molecule has 0 atom stereocenters. The van der Waals surface area contributed by atoms with Gasteiger partial charge in [0.05, 0.1) is 12.4 Å². The zero-order chi connectivity index (χ0) is 13.8. The maximum atomic E-state index is 5.97. The summed E-state index contributed by atoms with van der Waals surface area (Å²) in [5.74, 6) is 1.38. The minimum atomic E-state index is 0.261. The molecule has 0 unspecified atom stereocenters. The summed E-state index contributed by atoms with van der Waals surface area (Å²) in [6, 6.07) is 7.51. The van der Waals surface area contributed by atoms with Crippen LogP contribution in [-0.4, -0.2) is 29.2 Å². The van der Waals surface area contributed by atoms with Gasteiger partial charge in [0.2, 0.25) is 0 Å². The molecule has 20 heavy (non-hydrogen) atoms. The van der Waals surface area contributed by atoms with Crippen LogP contribution >= 0.6 is 11.6 Å². The maximum absolute atomic E-state index is 5.97. The molecule has 4 nitrogen and oxygen atoms in total. The number of piperidine rings is 1. The molecule has 0 amide bonds. The SMILES string of the molecule is Clc1cccc(-c2ncc(OC3CCNCC3)cn2)c1. The van der Waals surface area contributed by atoms with Crippen LogP contribution in [0.2, 0.25) is 5.02 Å². The highest BCUT2D eigenvalue weighted by Gasteiger charge is 2.14. The lowest BCUT2D eigenvalue weighted by Gasteiger charge is -2.23. The molecule has 1 aromatic carbocycles. The van der Waals surface area contributed by atoms with Crippen molar-refractivity contribution >= 4 is 11.6 Å². The first-order valence-corrected chi connectivity index (χ1v) is 7.14. The van der Waals surface area contributed by atoms with Gasteiger partial charge in [-0.05, 0) is 38.1 Å². The summed E-state index contributed by atoms with van der Waals surface area (Å²) < 4.78 is 5.88. The van der Waals surface area contributed by atoms with Crippen molar-refractivity contribution in [2.75, 3.05) is 13.1 Å². The van der Waals surface area contributed by atoms with Gasteiger partial charge in [-0.15, -0.1) is 0 Å². The van der Waals surface area contributed by atoms with Gasteiger partial charge in [0.15, 0.2) is 11.6 Å². The third kappa shape index (κ3) is 3.26. The van der Waals surface area contributed by atoms with Crippen LogP contribution < -0.4 is 10.1 Å². The number of ether oxygens (including phenoxy) is 1. The fourth-order valence-electron chi connectivity index (χ4n) is 2.26. The van der Waals surface area contributed by atoms with Gasteiger partial charge in [-0.25, -0.2) is 9.97 Å². The number of halogens is 1. The van der Waals surface area contributed by atoms with Gasteiger partial charge in [-0.2, -0.15) is 0 Å². The first-order valence-electron chi connectivity index (χ1n) is 6.76. The molecule has 2 aromatic rings. The Kier molecular flexibility index (Phi) is 4.14. The van der Waals surface area contributed by atoms with Crippen molar-refractivity contribution in [3.05, 3.63) is 41.7 Å². The third-order valence-electron chi connectivity index (χ3n) is 3.30. The lowest BCUT2D eigenvalue weighted by atomic mass is 10.1. The Bertz CT molecular complexity index is 568. The molecule has 1 N–H and O–H groups in total. The number of nitrogens with zero attached hydrogens (tertiary/aromatic N) is 2. The zero-order valence-electron chi connectivity index (χ0n) is 11.1. The molecule has 0 spiro atoms. The molecule has 3 rings (SSSR count). The van der Waals surface area contributed by atoms with Crippen molar-refractivity contribution in [3.63, 3.8) is 0 Å². The number of benzene rings is 1. The Hall–Kier alpha value is -1.65. The molecule has 0 saturated carbocycles. The Balaban J connectivity index is 1.71. The number of aromatic nitrogens is 2. The maximum Gasteiger partial charge on any atom is 0.159 e. The molecule has 1 fully saturated rings.